The predicted octanol–water partition coefficient (Wildman–Crippen LogP) is 2.27. The summed E-state index contributed by atoms with van der Waals surface area (Å²) in [5.74, 6) is 0.469. The van der Waals surface area contributed by atoms with Crippen LogP contribution in [0.1, 0.15) is 25.8 Å². The third-order valence-electron chi connectivity index (χ3n) is 2.43. The van der Waals surface area contributed by atoms with Crippen LogP contribution in [0, 0.1) is 11.3 Å². The van der Waals surface area contributed by atoms with Gasteiger partial charge >= 0.3 is 0 Å². The molecule has 1 amide bonds. The van der Waals surface area contributed by atoms with Crippen LogP contribution in [-0.4, -0.2) is 19.1 Å². The Labute approximate surface area is 118 Å². The van der Waals surface area contributed by atoms with E-state index in [1.54, 1.807) is 24.3 Å². The van der Waals surface area contributed by atoms with Gasteiger partial charge in [-0.05, 0) is 37.1 Å². The summed E-state index contributed by atoms with van der Waals surface area (Å²) in [6.07, 6.45) is 2.32. The van der Waals surface area contributed by atoms with Crippen molar-refractivity contribution in [3.05, 3.63) is 29.3 Å². The van der Waals surface area contributed by atoms with Crippen LogP contribution in [0.25, 0.3) is 6.08 Å². The van der Waals surface area contributed by atoms with Crippen molar-refractivity contribution in [3.63, 3.8) is 0 Å². The Kier molecular flexibility index (Phi) is 6.11. The van der Waals surface area contributed by atoms with Crippen LogP contribution in [0.2, 0.25) is 0 Å². The molecule has 20 heavy (non-hydrogen) atoms. The molecule has 0 unspecified atom stereocenters. The van der Waals surface area contributed by atoms with E-state index in [0.29, 0.717) is 30.3 Å². The fourth-order valence-corrected chi connectivity index (χ4v) is 1.54. The van der Waals surface area contributed by atoms with Gasteiger partial charge in [0.1, 0.15) is 11.6 Å². The summed E-state index contributed by atoms with van der Waals surface area (Å²) in [4.78, 5) is 11.0. The normalized spacial score (nSPS) is 10.8. The van der Waals surface area contributed by atoms with Gasteiger partial charge in [-0.25, -0.2) is 0 Å². The van der Waals surface area contributed by atoms with Gasteiger partial charge in [-0.2, -0.15) is 5.26 Å². The lowest BCUT2D eigenvalue weighted by Crippen LogP contribution is -2.12. The van der Waals surface area contributed by atoms with Gasteiger partial charge in [0.15, 0.2) is 11.5 Å². The number of hydrogen-bond acceptors (Lipinski definition) is 4. The van der Waals surface area contributed by atoms with Gasteiger partial charge in [0.05, 0.1) is 13.2 Å². The molecule has 0 spiro atoms. The summed E-state index contributed by atoms with van der Waals surface area (Å²) in [6, 6.07) is 6.98. The van der Waals surface area contributed by atoms with Crippen molar-refractivity contribution in [3.8, 4) is 17.6 Å². The van der Waals surface area contributed by atoms with Crippen molar-refractivity contribution >= 4 is 12.0 Å². The molecule has 106 valence electrons. The SMILES string of the molecule is CCCOc1ccc(/C=C(\C#N)C(N)=O)cc1OCC. The Morgan fingerprint density at radius 1 is 1.35 bits per heavy atom. The zero-order valence-electron chi connectivity index (χ0n) is 11.7. The lowest BCUT2D eigenvalue weighted by molar-refractivity contribution is -0.114. The lowest BCUT2D eigenvalue weighted by Gasteiger charge is -2.12. The third-order valence-corrected chi connectivity index (χ3v) is 2.43. The number of nitrogens with two attached hydrogens (primary N) is 1. The molecule has 0 aliphatic rings. The van der Waals surface area contributed by atoms with Crippen molar-refractivity contribution in [2.24, 2.45) is 5.73 Å². The van der Waals surface area contributed by atoms with E-state index in [1.807, 2.05) is 13.8 Å². The Morgan fingerprint density at radius 3 is 2.65 bits per heavy atom. The van der Waals surface area contributed by atoms with Crippen LogP contribution >= 0.6 is 0 Å². The summed E-state index contributed by atoms with van der Waals surface area (Å²) in [5, 5.41) is 8.83. The van der Waals surface area contributed by atoms with Gasteiger partial charge < -0.3 is 15.2 Å². The summed E-state index contributed by atoms with van der Waals surface area (Å²) in [7, 11) is 0. The van der Waals surface area contributed by atoms with Gasteiger partial charge in [-0.3, -0.25) is 4.79 Å². The summed E-state index contributed by atoms with van der Waals surface area (Å²) in [6.45, 7) is 4.98. The molecule has 0 aromatic heterocycles. The molecule has 0 atom stereocenters. The maximum absolute atomic E-state index is 11.0. The highest BCUT2D eigenvalue weighted by molar-refractivity contribution is 6.00. The molecule has 2 N–H and O–H groups in total. The molecule has 0 saturated heterocycles. The molecule has 0 bridgehead atoms. The molecule has 5 nitrogen and oxygen atoms in total. The number of carbonyl (C=O) groups excluding carboxylic acids is 1. The van der Waals surface area contributed by atoms with E-state index in [2.05, 4.69) is 0 Å². The fourth-order valence-electron chi connectivity index (χ4n) is 1.54. The van der Waals surface area contributed by atoms with E-state index in [9.17, 15) is 4.79 Å². The molecule has 0 radical (unpaired) electrons. The van der Waals surface area contributed by atoms with Crippen LogP contribution in [-0.2, 0) is 4.79 Å². The number of amides is 1. The molecule has 0 aliphatic heterocycles. The molecule has 0 heterocycles. The molecule has 1 rings (SSSR count). The molecule has 0 aliphatic carbocycles. The first-order valence-electron chi connectivity index (χ1n) is 6.43. The Morgan fingerprint density at radius 2 is 2.10 bits per heavy atom. The maximum atomic E-state index is 11.0. The number of ether oxygens (including phenoxy) is 2. The van der Waals surface area contributed by atoms with Crippen molar-refractivity contribution in [2.75, 3.05) is 13.2 Å². The first kappa shape index (κ1) is 15.6. The fraction of sp³-hybridized carbons (Fsp3) is 0.333. The van der Waals surface area contributed by atoms with Crippen molar-refractivity contribution in [1.82, 2.24) is 0 Å². The second-order valence-corrected chi connectivity index (χ2v) is 4.02. The number of benzene rings is 1. The highest BCUT2D eigenvalue weighted by atomic mass is 16.5. The van der Waals surface area contributed by atoms with Gasteiger partial charge in [-0.15, -0.1) is 0 Å². The summed E-state index contributed by atoms with van der Waals surface area (Å²) < 4.78 is 11.1. The number of rotatable bonds is 7. The van der Waals surface area contributed by atoms with Gasteiger partial charge in [0.2, 0.25) is 0 Å². The standard InChI is InChI=1S/C15H18N2O3/c1-3-7-20-13-6-5-11(9-14(13)19-4-2)8-12(10-16)15(17)18/h5-6,8-9H,3-4,7H2,1-2H3,(H2,17,18)/b12-8+. The molecular weight excluding hydrogens is 256 g/mol. The highest BCUT2D eigenvalue weighted by Crippen LogP contribution is 2.29. The number of nitriles is 1. The molecule has 1 aromatic carbocycles. The number of hydrogen-bond donors (Lipinski definition) is 1. The molecule has 0 fully saturated rings. The number of nitrogens with zero attached hydrogens (tertiary/aromatic N) is 1. The van der Waals surface area contributed by atoms with Crippen molar-refractivity contribution < 1.29 is 14.3 Å². The average molecular weight is 274 g/mol. The second-order valence-electron chi connectivity index (χ2n) is 4.02. The average Bonchev–Trinajstić information content (AvgIpc) is 2.43. The molecule has 5 heteroatoms. The largest absolute Gasteiger partial charge is 0.490 e. The van der Waals surface area contributed by atoms with Crippen LogP contribution in [0.5, 0.6) is 11.5 Å². The molecule has 1 aromatic rings. The first-order valence-corrected chi connectivity index (χ1v) is 6.43. The summed E-state index contributed by atoms with van der Waals surface area (Å²) >= 11 is 0. The van der Waals surface area contributed by atoms with Gasteiger partial charge in [-0.1, -0.05) is 13.0 Å². The van der Waals surface area contributed by atoms with Gasteiger partial charge in [0, 0.05) is 0 Å². The Bertz CT molecular complexity index is 545. The van der Waals surface area contributed by atoms with Crippen LogP contribution in [0.15, 0.2) is 23.8 Å². The lowest BCUT2D eigenvalue weighted by atomic mass is 10.1. The minimum Gasteiger partial charge on any atom is -0.490 e. The van der Waals surface area contributed by atoms with Crippen molar-refractivity contribution in [1.29, 1.82) is 5.26 Å². The zero-order chi connectivity index (χ0) is 15.0. The predicted molar refractivity (Wildman–Crippen MR) is 76.2 cm³/mol. The monoisotopic (exact) mass is 274 g/mol. The van der Waals surface area contributed by atoms with E-state index in [0.717, 1.165) is 6.42 Å². The Hall–Kier alpha value is -2.48. The third kappa shape index (κ3) is 4.32. The Balaban J connectivity index is 3.09. The topological polar surface area (TPSA) is 85.3 Å². The smallest absolute Gasteiger partial charge is 0.259 e. The van der Waals surface area contributed by atoms with Crippen molar-refractivity contribution in [2.45, 2.75) is 20.3 Å². The van der Waals surface area contributed by atoms with E-state index in [4.69, 9.17) is 20.5 Å². The second kappa shape index (κ2) is 7.85. The summed E-state index contributed by atoms with van der Waals surface area (Å²) in [5.41, 5.74) is 5.66. The molecule has 0 saturated carbocycles. The first-order chi connectivity index (χ1) is 9.62. The maximum Gasteiger partial charge on any atom is 0.259 e. The van der Waals surface area contributed by atoms with E-state index < -0.39 is 5.91 Å². The van der Waals surface area contributed by atoms with Crippen LogP contribution in [0.3, 0.4) is 0 Å². The zero-order valence-corrected chi connectivity index (χ0v) is 11.7. The minimum absolute atomic E-state index is 0.102. The van der Waals surface area contributed by atoms with E-state index in [-0.39, 0.29) is 5.57 Å². The van der Waals surface area contributed by atoms with Crippen LogP contribution < -0.4 is 15.2 Å². The van der Waals surface area contributed by atoms with E-state index >= 15 is 0 Å². The van der Waals surface area contributed by atoms with Gasteiger partial charge in [0.25, 0.3) is 5.91 Å². The number of carbonyl (C=O) groups is 1. The highest BCUT2D eigenvalue weighted by Gasteiger charge is 2.08. The number of primary amides is 1. The van der Waals surface area contributed by atoms with E-state index in [1.165, 1.54) is 6.08 Å². The molecular formula is C15H18N2O3. The minimum atomic E-state index is -0.753. The quantitative estimate of drug-likeness (QED) is 0.610. The van der Waals surface area contributed by atoms with Crippen LogP contribution in [0.4, 0.5) is 0 Å².